The molecule has 0 saturated carbocycles. The molecule has 0 radical (unpaired) electrons. The van der Waals surface area contributed by atoms with Crippen LogP contribution in [0.3, 0.4) is 0 Å². The van der Waals surface area contributed by atoms with Gasteiger partial charge in [-0.3, -0.25) is 4.79 Å². The summed E-state index contributed by atoms with van der Waals surface area (Å²) >= 11 is 1.32. The van der Waals surface area contributed by atoms with Crippen molar-refractivity contribution in [3.63, 3.8) is 0 Å². The van der Waals surface area contributed by atoms with E-state index in [1.807, 2.05) is 36.6 Å². The van der Waals surface area contributed by atoms with Crippen molar-refractivity contribution in [2.45, 2.75) is 30.7 Å². The van der Waals surface area contributed by atoms with Crippen molar-refractivity contribution in [1.29, 1.82) is 0 Å². The monoisotopic (exact) mass is 457 g/mol. The predicted molar refractivity (Wildman–Crippen MR) is 121 cm³/mol. The Morgan fingerprint density at radius 3 is 2.55 bits per heavy atom. The molecular formula is C22H23N3O4S2. The standard InChI is InChI=1S/C22H23N3O4S2/c1-15-5-7-16(8-6-15)19-14-30-22(23-19)24-21(26)20-4-3-13-25(20)31(27,28)18-11-9-17(29-2)10-12-18/h5-12,14,20H,3-4,13H2,1-2H3,(H,23,24,26). The van der Waals surface area contributed by atoms with Gasteiger partial charge in [0, 0.05) is 17.5 Å². The van der Waals surface area contributed by atoms with Crippen LogP contribution in [0.25, 0.3) is 11.3 Å². The number of carbonyl (C=O) groups is 1. The van der Waals surface area contributed by atoms with Crippen LogP contribution in [0.2, 0.25) is 0 Å². The van der Waals surface area contributed by atoms with E-state index in [1.165, 1.54) is 34.9 Å². The lowest BCUT2D eigenvalue weighted by Gasteiger charge is -2.23. The molecule has 0 bridgehead atoms. The van der Waals surface area contributed by atoms with Crippen molar-refractivity contribution < 1.29 is 17.9 Å². The number of thiazole rings is 1. The van der Waals surface area contributed by atoms with E-state index in [4.69, 9.17) is 4.74 Å². The maximum atomic E-state index is 13.1. The number of aryl methyl sites for hydroxylation is 1. The zero-order valence-electron chi connectivity index (χ0n) is 17.2. The molecule has 1 N–H and O–H groups in total. The van der Waals surface area contributed by atoms with Crippen molar-refractivity contribution in [3.8, 4) is 17.0 Å². The first-order valence-corrected chi connectivity index (χ1v) is 12.2. The quantitative estimate of drug-likeness (QED) is 0.606. The second-order valence-electron chi connectivity index (χ2n) is 7.34. The Balaban J connectivity index is 1.49. The van der Waals surface area contributed by atoms with Gasteiger partial charge < -0.3 is 10.1 Å². The molecule has 31 heavy (non-hydrogen) atoms. The highest BCUT2D eigenvalue weighted by Crippen LogP contribution is 2.29. The van der Waals surface area contributed by atoms with Gasteiger partial charge in [0.15, 0.2) is 5.13 Å². The molecule has 1 atom stereocenters. The summed E-state index contributed by atoms with van der Waals surface area (Å²) < 4.78 is 32.6. The topological polar surface area (TPSA) is 88.6 Å². The Hall–Kier alpha value is -2.75. The third kappa shape index (κ3) is 4.48. The molecule has 1 aromatic heterocycles. The van der Waals surface area contributed by atoms with Crippen molar-refractivity contribution in [2.75, 3.05) is 19.0 Å². The largest absolute Gasteiger partial charge is 0.497 e. The number of hydrogen-bond donors (Lipinski definition) is 1. The molecule has 1 amide bonds. The van der Waals surface area contributed by atoms with E-state index in [0.29, 0.717) is 30.3 Å². The number of ether oxygens (including phenoxy) is 1. The van der Waals surface area contributed by atoms with E-state index in [9.17, 15) is 13.2 Å². The molecular weight excluding hydrogens is 434 g/mol. The Morgan fingerprint density at radius 2 is 1.87 bits per heavy atom. The molecule has 4 rings (SSSR count). The molecule has 162 valence electrons. The number of nitrogens with zero attached hydrogens (tertiary/aromatic N) is 2. The zero-order valence-corrected chi connectivity index (χ0v) is 18.9. The van der Waals surface area contributed by atoms with Crippen LogP contribution in [0.5, 0.6) is 5.75 Å². The number of sulfonamides is 1. The Labute approximate surface area is 185 Å². The number of hydrogen-bond acceptors (Lipinski definition) is 6. The van der Waals surface area contributed by atoms with Gasteiger partial charge >= 0.3 is 0 Å². The Kier molecular flexibility index (Phi) is 6.08. The summed E-state index contributed by atoms with van der Waals surface area (Å²) in [5.41, 5.74) is 2.90. The smallest absolute Gasteiger partial charge is 0.244 e. The highest BCUT2D eigenvalue weighted by molar-refractivity contribution is 7.89. The van der Waals surface area contributed by atoms with E-state index >= 15 is 0 Å². The average molecular weight is 458 g/mol. The van der Waals surface area contributed by atoms with Crippen LogP contribution >= 0.6 is 11.3 Å². The normalized spacial score (nSPS) is 16.9. The Morgan fingerprint density at radius 1 is 1.16 bits per heavy atom. The van der Waals surface area contributed by atoms with Gasteiger partial charge in [0.05, 0.1) is 17.7 Å². The number of nitrogens with one attached hydrogen (secondary N) is 1. The lowest BCUT2D eigenvalue weighted by Crippen LogP contribution is -2.43. The molecule has 1 aliphatic rings. The molecule has 3 aromatic rings. The second kappa shape index (κ2) is 8.78. The number of aromatic nitrogens is 1. The van der Waals surface area contributed by atoms with Crippen LogP contribution in [0, 0.1) is 6.92 Å². The molecule has 1 aliphatic heterocycles. The number of amides is 1. The van der Waals surface area contributed by atoms with Crippen LogP contribution in [-0.4, -0.2) is 43.3 Å². The minimum absolute atomic E-state index is 0.143. The number of rotatable bonds is 6. The average Bonchev–Trinajstić information content (AvgIpc) is 3.44. The van der Waals surface area contributed by atoms with E-state index in [0.717, 1.165) is 16.8 Å². The van der Waals surface area contributed by atoms with Crippen LogP contribution < -0.4 is 10.1 Å². The number of anilines is 1. The molecule has 2 heterocycles. The van der Waals surface area contributed by atoms with E-state index in [1.54, 1.807) is 12.1 Å². The molecule has 0 spiro atoms. The number of benzene rings is 2. The molecule has 2 aromatic carbocycles. The van der Waals surface area contributed by atoms with Crippen LogP contribution in [0.4, 0.5) is 5.13 Å². The number of carbonyl (C=O) groups excluding carboxylic acids is 1. The van der Waals surface area contributed by atoms with Gasteiger partial charge in [-0.05, 0) is 44.0 Å². The van der Waals surface area contributed by atoms with Crippen molar-refractivity contribution in [1.82, 2.24) is 9.29 Å². The highest BCUT2D eigenvalue weighted by atomic mass is 32.2. The van der Waals surface area contributed by atoms with Crippen LogP contribution in [-0.2, 0) is 14.8 Å². The van der Waals surface area contributed by atoms with Crippen LogP contribution in [0.15, 0.2) is 58.8 Å². The van der Waals surface area contributed by atoms with E-state index in [-0.39, 0.29) is 10.8 Å². The second-order valence-corrected chi connectivity index (χ2v) is 10.1. The summed E-state index contributed by atoms with van der Waals surface area (Å²) in [7, 11) is -2.27. The molecule has 0 aliphatic carbocycles. The van der Waals surface area contributed by atoms with E-state index in [2.05, 4.69) is 10.3 Å². The van der Waals surface area contributed by atoms with Gasteiger partial charge in [-0.25, -0.2) is 13.4 Å². The molecule has 7 nitrogen and oxygen atoms in total. The maximum Gasteiger partial charge on any atom is 0.244 e. The SMILES string of the molecule is COc1ccc(S(=O)(=O)N2CCCC2C(=O)Nc2nc(-c3ccc(C)cc3)cs2)cc1. The summed E-state index contributed by atoms with van der Waals surface area (Å²) in [6.07, 6.45) is 1.09. The summed E-state index contributed by atoms with van der Waals surface area (Å²) in [4.78, 5) is 17.6. The molecule has 1 saturated heterocycles. The minimum atomic E-state index is -3.79. The maximum absolute atomic E-state index is 13.1. The summed E-state index contributed by atoms with van der Waals surface area (Å²) in [6.45, 7) is 2.32. The van der Waals surface area contributed by atoms with Gasteiger partial charge in [0.25, 0.3) is 0 Å². The first-order chi connectivity index (χ1) is 14.9. The van der Waals surface area contributed by atoms with Crippen LogP contribution in [0.1, 0.15) is 18.4 Å². The van der Waals surface area contributed by atoms with Gasteiger partial charge in [0.2, 0.25) is 15.9 Å². The van der Waals surface area contributed by atoms with Crippen molar-refractivity contribution in [3.05, 3.63) is 59.5 Å². The highest BCUT2D eigenvalue weighted by Gasteiger charge is 2.39. The van der Waals surface area contributed by atoms with Gasteiger partial charge in [0.1, 0.15) is 11.8 Å². The first kappa shape index (κ1) is 21.5. The van der Waals surface area contributed by atoms with Gasteiger partial charge in [-0.2, -0.15) is 4.31 Å². The fourth-order valence-corrected chi connectivity index (χ4v) is 5.93. The fourth-order valence-electron chi connectivity index (χ4n) is 3.55. The summed E-state index contributed by atoms with van der Waals surface area (Å²) in [6, 6.07) is 13.4. The lowest BCUT2D eigenvalue weighted by molar-refractivity contribution is -0.119. The van der Waals surface area contributed by atoms with Gasteiger partial charge in [-0.15, -0.1) is 11.3 Å². The summed E-state index contributed by atoms with van der Waals surface area (Å²) in [5, 5.41) is 5.13. The van der Waals surface area contributed by atoms with E-state index < -0.39 is 16.1 Å². The van der Waals surface area contributed by atoms with Crippen molar-refractivity contribution >= 4 is 32.4 Å². The minimum Gasteiger partial charge on any atom is -0.497 e. The molecule has 1 unspecified atom stereocenters. The number of methoxy groups -OCH3 is 1. The fraction of sp³-hybridized carbons (Fsp3) is 0.273. The predicted octanol–water partition coefficient (Wildman–Crippen LogP) is 3.92. The molecule has 9 heteroatoms. The summed E-state index contributed by atoms with van der Waals surface area (Å²) in [5.74, 6) is 0.210. The Bertz CT molecular complexity index is 1170. The third-order valence-electron chi connectivity index (χ3n) is 5.25. The third-order valence-corrected chi connectivity index (χ3v) is 7.93. The van der Waals surface area contributed by atoms with Gasteiger partial charge in [-0.1, -0.05) is 29.8 Å². The lowest BCUT2D eigenvalue weighted by atomic mass is 10.1. The molecule has 1 fully saturated rings. The first-order valence-electron chi connectivity index (χ1n) is 9.88. The zero-order chi connectivity index (χ0) is 22.0. The van der Waals surface area contributed by atoms with Crippen molar-refractivity contribution in [2.24, 2.45) is 0 Å².